The second-order valence-corrected chi connectivity index (χ2v) is 6.88. The summed E-state index contributed by atoms with van der Waals surface area (Å²) in [5.41, 5.74) is 0. The number of aliphatic imine (C=N–C) groups is 1. The molecule has 0 unspecified atom stereocenters. The number of carbonyl (C=O) groups is 1. The zero-order valence-corrected chi connectivity index (χ0v) is 16.0. The van der Waals surface area contributed by atoms with E-state index >= 15 is 0 Å². The van der Waals surface area contributed by atoms with Gasteiger partial charge in [0, 0.05) is 39.2 Å². The number of nitrogens with zero attached hydrogens (tertiary/aromatic N) is 2. The van der Waals surface area contributed by atoms with E-state index in [0.717, 1.165) is 64.3 Å². The summed E-state index contributed by atoms with van der Waals surface area (Å²) in [7, 11) is 0. The van der Waals surface area contributed by atoms with Crippen LogP contribution in [0.3, 0.4) is 0 Å². The molecule has 1 saturated heterocycles. The minimum Gasteiger partial charge on any atom is -0.462 e. The molecule has 2 aliphatic rings. The van der Waals surface area contributed by atoms with E-state index in [1.54, 1.807) is 0 Å². The van der Waals surface area contributed by atoms with Crippen molar-refractivity contribution in [1.29, 1.82) is 0 Å². The van der Waals surface area contributed by atoms with Crippen LogP contribution >= 0.6 is 0 Å². The first-order chi connectivity index (χ1) is 12.2. The normalized spacial score (nSPS) is 20.1. The van der Waals surface area contributed by atoms with Crippen LogP contribution in [0.4, 0.5) is 0 Å². The van der Waals surface area contributed by atoms with E-state index in [0.29, 0.717) is 19.1 Å². The first kappa shape index (κ1) is 20.0. The van der Waals surface area contributed by atoms with Crippen molar-refractivity contribution in [2.24, 2.45) is 4.99 Å². The third kappa shape index (κ3) is 7.22. The zero-order valence-electron chi connectivity index (χ0n) is 16.0. The van der Waals surface area contributed by atoms with Gasteiger partial charge in [0.05, 0.1) is 6.10 Å². The lowest BCUT2D eigenvalue weighted by atomic mass is 10.1. The van der Waals surface area contributed by atoms with Gasteiger partial charge in [-0.05, 0) is 58.8 Å². The van der Waals surface area contributed by atoms with Crippen LogP contribution < -0.4 is 5.32 Å². The van der Waals surface area contributed by atoms with Crippen LogP contribution in [0.15, 0.2) is 4.99 Å². The molecule has 1 N–H and O–H groups in total. The van der Waals surface area contributed by atoms with E-state index in [9.17, 15) is 4.79 Å². The van der Waals surface area contributed by atoms with Crippen LogP contribution in [0.1, 0.15) is 65.2 Å². The van der Waals surface area contributed by atoms with E-state index in [1.165, 1.54) is 12.8 Å². The summed E-state index contributed by atoms with van der Waals surface area (Å²) < 4.78 is 11.2. The van der Waals surface area contributed by atoms with Gasteiger partial charge in [0.25, 0.3) is 0 Å². The molecular weight excluding hydrogens is 318 g/mol. The molecule has 1 saturated carbocycles. The minimum atomic E-state index is -0.0652. The van der Waals surface area contributed by atoms with E-state index in [2.05, 4.69) is 24.1 Å². The number of hydrogen-bond acceptors (Lipinski definition) is 4. The molecular formula is C19H35N3O3. The molecule has 144 valence electrons. The Morgan fingerprint density at radius 1 is 1.12 bits per heavy atom. The minimum absolute atomic E-state index is 0.0652. The first-order valence-electron chi connectivity index (χ1n) is 10.1. The van der Waals surface area contributed by atoms with E-state index in [4.69, 9.17) is 14.5 Å². The number of guanidine groups is 1. The highest BCUT2D eigenvalue weighted by Gasteiger charge is 2.22. The van der Waals surface area contributed by atoms with Crippen LogP contribution in [-0.4, -0.2) is 61.8 Å². The predicted molar refractivity (Wildman–Crippen MR) is 99.8 cm³/mol. The van der Waals surface area contributed by atoms with Gasteiger partial charge in [0.1, 0.15) is 6.10 Å². The van der Waals surface area contributed by atoms with Gasteiger partial charge in [0.15, 0.2) is 5.96 Å². The van der Waals surface area contributed by atoms with Crippen LogP contribution in [0.5, 0.6) is 0 Å². The maximum atomic E-state index is 11.9. The van der Waals surface area contributed by atoms with E-state index in [-0.39, 0.29) is 12.1 Å². The predicted octanol–water partition coefficient (Wildman–Crippen LogP) is 2.72. The summed E-state index contributed by atoms with van der Waals surface area (Å²) in [4.78, 5) is 18.9. The topological polar surface area (TPSA) is 63.2 Å². The van der Waals surface area contributed by atoms with Crippen molar-refractivity contribution >= 4 is 11.9 Å². The lowest BCUT2D eigenvalue weighted by molar-refractivity contribution is -0.148. The molecule has 6 heteroatoms. The number of rotatable bonds is 8. The van der Waals surface area contributed by atoms with Gasteiger partial charge in [0.2, 0.25) is 0 Å². The molecule has 1 aliphatic heterocycles. The lowest BCUT2D eigenvalue weighted by Gasteiger charge is -2.34. The Morgan fingerprint density at radius 2 is 1.84 bits per heavy atom. The number of likely N-dealkylation sites (tertiary alicyclic amines) is 1. The van der Waals surface area contributed by atoms with Crippen LogP contribution in [0, 0.1) is 0 Å². The molecule has 0 bridgehead atoms. The molecule has 2 fully saturated rings. The monoisotopic (exact) mass is 353 g/mol. The van der Waals surface area contributed by atoms with Gasteiger partial charge < -0.3 is 19.7 Å². The molecule has 0 aromatic rings. The number of nitrogens with one attached hydrogen (secondary N) is 1. The average molecular weight is 354 g/mol. The highest BCUT2D eigenvalue weighted by Crippen LogP contribution is 2.21. The van der Waals surface area contributed by atoms with Gasteiger partial charge in [-0.1, -0.05) is 0 Å². The maximum Gasteiger partial charge on any atom is 0.306 e. The Hall–Kier alpha value is -1.30. The number of carbonyl (C=O) groups excluding carboxylic acids is 1. The Labute approximate surface area is 152 Å². The summed E-state index contributed by atoms with van der Waals surface area (Å²) in [5.74, 6) is 0.895. The summed E-state index contributed by atoms with van der Waals surface area (Å²) in [6.07, 6.45) is 8.30. The first-order valence-corrected chi connectivity index (χ1v) is 10.1. The maximum absolute atomic E-state index is 11.9. The standard InChI is InChI=1S/C19H35N3O3/c1-3-20-19(22-14-11-16(12-15-22)24-4-2)21-13-7-10-18(23)25-17-8-5-6-9-17/h16-17H,3-15H2,1-2H3,(H,20,21). The van der Waals surface area contributed by atoms with Crippen molar-refractivity contribution in [2.45, 2.75) is 77.4 Å². The second kappa shape index (κ2) is 11.3. The molecule has 0 aromatic heterocycles. The Balaban J connectivity index is 1.69. The second-order valence-electron chi connectivity index (χ2n) is 6.88. The van der Waals surface area contributed by atoms with Gasteiger partial charge in [-0.25, -0.2) is 0 Å². The molecule has 0 aromatic carbocycles. The van der Waals surface area contributed by atoms with Crippen LogP contribution in [0.2, 0.25) is 0 Å². The lowest BCUT2D eigenvalue weighted by Crippen LogP contribution is -2.47. The van der Waals surface area contributed by atoms with Crippen molar-refractivity contribution < 1.29 is 14.3 Å². The Kier molecular flexibility index (Phi) is 9.08. The van der Waals surface area contributed by atoms with Gasteiger partial charge in [-0.3, -0.25) is 9.79 Å². The highest BCUT2D eigenvalue weighted by atomic mass is 16.5. The summed E-state index contributed by atoms with van der Waals surface area (Å²) in [6, 6.07) is 0. The molecule has 0 atom stereocenters. The van der Waals surface area contributed by atoms with Gasteiger partial charge in [-0.15, -0.1) is 0 Å². The van der Waals surface area contributed by atoms with Gasteiger partial charge in [-0.2, -0.15) is 0 Å². The molecule has 2 rings (SSSR count). The fourth-order valence-corrected chi connectivity index (χ4v) is 3.56. The van der Waals surface area contributed by atoms with E-state index in [1.807, 2.05) is 0 Å². The fourth-order valence-electron chi connectivity index (χ4n) is 3.56. The molecule has 6 nitrogen and oxygen atoms in total. The largest absolute Gasteiger partial charge is 0.462 e. The Morgan fingerprint density at radius 3 is 2.48 bits per heavy atom. The smallest absolute Gasteiger partial charge is 0.306 e. The summed E-state index contributed by atoms with van der Waals surface area (Å²) >= 11 is 0. The number of esters is 1. The van der Waals surface area contributed by atoms with Crippen molar-refractivity contribution in [3.05, 3.63) is 0 Å². The van der Waals surface area contributed by atoms with E-state index < -0.39 is 0 Å². The molecule has 0 amide bonds. The van der Waals surface area contributed by atoms with Crippen molar-refractivity contribution in [3.63, 3.8) is 0 Å². The zero-order chi connectivity index (χ0) is 17.9. The van der Waals surface area contributed by atoms with Gasteiger partial charge >= 0.3 is 5.97 Å². The molecule has 25 heavy (non-hydrogen) atoms. The van der Waals surface area contributed by atoms with Crippen LogP contribution in [0.25, 0.3) is 0 Å². The van der Waals surface area contributed by atoms with Crippen molar-refractivity contribution in [1.82, 2.24) is 10.2 Å². The molecule has 1 heterocycles. The molecule has 1 aliphatic carbocycles. The molecule has 0 spiro atoms. The molecule has 0 radical (unpaired) electrons. The summed E-state index contributed by atoms with van der Waals surface area (Å²) in [6.45, 7) is 8.38. The van der Waals surface area contributed by atoms with Crippen molar-refractivity contribution in [2.75, 3.05) is 32.8 Å². The van der Waals surface area contributed by atoms with Crippen molar-refractivity contribution in [3.8, 4) is 0 Å². The third-order valence-corrected chi connectivity index (χ3v) is 4.88. The number of ether oxygens (including phenoxy) is 2. The Bertz CT molecular complexity index is 414. The third-order valence-electron chi connectivity index (χ3n) is 4.88. The number of hydrogen-bond donors (Lipinski definition) is 1. The fraction of sp³-hybridized carbons (Fsp3) is 0.895. The average Bonchev–Trinajstić information content (AvgIpc) is 3.11. The number of piperidine rings is 1. The summed E-state index contributed by atoms with van der Waals surface area (Å²) in [5, 5.41) is 3.36. The highest BCUT2D eigenvalue weighted by molar-refractivity contribution is 5.80. The quantitative estimate of drug-likeness (QED) is 0.315. The SMILES string of the molecule is CCNC(=NCCCC(=O)OC1CCCC1)N1CCC(OCC)CC1. The van der Waals surface area contributed by atoms with Crippen LogP contribution in [-0.2, 0) is 14.3 Å².